The lowest BCUT2D eigenvalue weighted by molar-refractivity contribution is -0.121. The summed E-state index contributed by atoms with van der Waals surface area (Å²) in [7, 11) is 0. The van der Waals surface area contributed by atoms with Crippen molar-refractivity contribution in [2.75, 3.05) is 13.1 Å². The Balaban J connectivity index is 1.20. The zero-order valence-corrected chi connectivity index (χ0v) is 16.6. The van der Waals surface area contributed by atoms with Crippen molar-refractivity contribution in [3.63, 3.8) is 0 Å². The van der Waals surface area contributed by atoms with Crippen LogP contribution in [-0.2, 0) is 24.2 Å². The van der Waals surface area contributed by atoms with Gasteiger partial charge in [-0.1, -0.05) is 18.2 Å². The number of rotatable bonds is 7. The number of carbonyl (C=O) groups is 1. The van der Waals surface area contributed by atoms with Crippen LogP contribution in [0, 0.1) is 0 Å². The van der Waals surface area contributed by atoms with Crippen LogP contribution in [0.25, 0.3) is 10.9 Å². The fraction of sp³-hybridized carbons (Fsp3) is 0.409. The molecule has 1 aromatic carbocycles. The van der Waals surface area contributed by atoms with E-state index >= 15 is 0 Å². The van der Waals surface area contributed by atoms with Crippen molar-refractivity contribution in [3.05, 3.63) is 57.9 Å². The number of thiophene rings is 1. The molecule has 1 unspecified atom stereocenters. The maximum atomic E-state index is 12.2. The fourth-order valence-corrected chi connectivity index (χ4v) is 4.79. The molecular formula is C22H27N3OS. The lowest BCUT2D eigenvalue weighted by atomic mass is 10.1. The average molecular weight is 382 g/mol. The molecule has 1 aliphatic rings. The third kappa shape index (κ3) is 4.25. The number of fused-ring (bicyclic) bond motifs is 2. The standard InChI is InChI=1S/C22H27N3OS/c1-16(25-11-9-21-18(15-25)10-12-27-21)13-24-22(26)8-4-5-17-14-23-20-7-3-2-6-19(17)20/h2-3,6-7,10,12,14,16,23H,4-5,8-9,11,13,15H2,1H3,(H,24,26). The molecule has 2 aromatic heterocycles. The average Bonchev–Trinajstić information content (AvgIpc) is 3.32. The van der Waals surface area contributed by atoms with Gasteiger partial charge in [0.15, 0.2) is 0 Å². The predicted molar refractivity (Wildman–Crippen MR) is 112 cm³/mol. The van der Waals surface area contributed by atoms with Crippen molar-refractivity contribution < 1.29 is 4.79 Å². The number of hydrogen-bond donors (Lipinski definition) is 2. The highest BCUT2D eigenvalue weighted by molar-refractivity contribution is 7.10. The van der Waals surface area contributed by atoms with E-state index < -0.39 is 0 Å². The van der Waals surface area contributed by atoms with Crippen molar-refractivity contribution in [1.29, 1.82) is 0 Å². The summed E-state index contributed by atoms with van der Waals surface area (Å²) in [6, 6.07) is 10.9. The number of benzene rings is 1. The van der Waals surface area contributed by atoms with Crippen molar-refractivity contribution in [2.45, 2.75) is 45.2 Å². The van der Waals surface area contributed by atoms with Gasteiger partial charge in [0.2, 0.25) is 5.91 Å². The largest absolute Gasteiger partial charge is 0.361 e. The smallest absolute Gasteiger partial charge is 0.220 e. The predicted octanol–water partition coefficient (Wildman–Crippen LogP) is 4.12. The highest BCUT2D eigenvalue weighted by Crippen LogP contribution is 2.25. The summed E-state index contributed by atoms with van der Waals surface area (Å²) < 4.78 is 0. The van der Waals surface area contributed by atoms with Gasteiger partial charge in [-0.2, -0.15) is 0 Å². The Morgan fingerprint density at radius 3 is 3.15 bits per heavy atom. The van der Waals surface area contributed by atoms with Crippen LogP contribution in [0.5, 0.6) is 0 Å². The van der Waals surface area contributed by atoms with Gasteiger partial charge in [0.1, 0.15) is 0 Å². The number of nitrogens with one attached hydrogen (secondary N) is 2. The van der Waals surface area contributed by atoms with Crippen LogP contribution in [0.4, 0.5) is 0 Å². The van der Waals surface area contributed by atoms with Gasteiger partial charge < -0.3 is 10.3 Å². The first-order valence-corrected chi connectivity index (χ1v) is 10.7. The minimum absolute atomic E-state index is 0.162. The van der Waals surface area contributed by atoms with Gasteiger partial charge in [-0.05, 0) is 54.8 Å². The topological polar surface area (TPSA) is 48.1 Å². The summed E-state index contributed by atoms with van der Waals surface area (Å²) in [5.74, 6) is 0.162. The second-order valence-corrected chi connectivity index (χ2v) is 8.46. The number of aromatic nitrogens is 1. The first kappa shape index (κ1) is 18.3. The third-order valence-corrected chi connectivity index (χ3v) is 6.60. The normalized spacial score (nSPS) is 15.6. The van der Waals surface area contributed by atoms with Gasteiger partial charge >= 0.3 is 0 Å². The molecule has 0 spiro atoms. The Labute approximate surface area is 164 Å². The lowest BCUT2D eigenvalue weighted by Crippen LogP contribution is -2.44. The second-order valence-electron chi connectivity index (χ2n) is 7.46. The zero-order chi connectivity index (χ0) is 18.6. The molecule has 27 heavy (non-hydrogen) atoms. The molecule has 3 heterocycles. The molecular weight excluding hydrogens is 354 g/mol. The van der Waals surface area contributed by atoms with E-state index in [1.807, 2.05) is 17.4 Å². The number of aryl methyl sites for hydroxylation is 1. The van der Waals surface area contributed by atoms with Gasteiger partial charge in [0.25, 0.3) is 0 Å². The van der Waals surface area contributed by atoms with E-state index in [0.717, 1.165) is 38.9 Å². The molecule has 0 radical (unpaired) electrons. The number of aromatic amines is 1. The number of nitrogens with zero attached hydrogens (tertiary/aromatic N) is 1. The quantitative estimate of drug-likeness (QED) is 0.647. The van der Waals surface area contributed by atoms with Gasteiger partial charge in [-0.15, -0.1) is 11.3 Å². The summed E-state index contributed by atoms with van der Waals surface area (Å²) in [4.78, 5) is 19.5. The molecule has 0 bridgehead atoms. The molecule has 2 N–H and O–H groups in total. The number of amides is 1. The summed E-state index contributed by atoms with van der Waals surface area (Å²) in [6.07, 6.45) is 5.60. The molecule has 5 heteroatoms. The number of carbonyl (C=O) groups excluding carboxylic acids is 1. The van der Waals surface area contributed by atoms with E-state index in [-0.39, 0.29) is 5.91 Å². The molecule has 4 rings (SSSR count). The van der Waals surface area contributed by atoms with Crippen LogP contribution in [0.3, 0.4) is 0 Å². The van der Waals surface area contributed by atoms with Crippen molar-refractivity contribution in [2.24, 2.45) is 0 Å². The lowest BCUT2D eigenvalue weighted by Gasteiger charge is -2.32. The number of para-hydroxylation sites is 1. The van der Waals surface area contributed by atoms with Crippen molar-refractivity contribution in [1.82, 2.24) is 15.2 Å². The van der Waals surface area contributed by atoms with Crippen LogP contribution in [-0.4, -0.2) is 34.9 Å². The first-order chi connectivity index (χ1) is 13.2. The Hall–Kier alpha value is -2.11. The summed E-state index contributed by atoms with van der Waals surface area (Å²) in [5.41, 5.74) is 3.93. The third-order valence-electron chi connectivity index (χ3n) is 5.58. The summed E-state index contributed by atoms with van der Waals surface area (Å²) in [5, 5.41) is 6.59. The highest BCUT2D eigenvalue weighted by Gasteiger charge is 2.21. The van der Waals surface area contributed by atoms with Crippen LogP contribution >= 0.6 is 11.3 Å². The molecule has 3 aromatic rings. The second kappa shape index (κ2) is 8.28. The number of H-pyrrole nitrogens is 1. The molecule has 0 aliphatic carbocycles. The van der Waals surface area contributed by atoms with E-state index in [4.69, 9.17) is 0 Å². The van der Waals surface area contributed by atoms with Crippen LogP contribution < -0.4 is 5.32 Å². The molecule has 1 aliphatic heterocycles. The van der Waals surface area contributed by atoms with Gasteiger partial charge in [0.05, 0.1) is 0 Å². The maximum Gasteiger partial charge on any atom is 0.220 e. The van der Waals surface area contributed by atoms with Crippen LogP contribution in [0.1, 0.15) is 35.8 Å². The molecule has 4 nitrogen and oxygen atoms in total. The SMILES string of the molecule is CC(CNC(=O)CCCc1c[nH]c2ccccc12)N1CCc2sccc2C1. The van der Waals surface area contributed by atoms with Gasteiger partial charge in [-0.3, -0.25) is 9.69 Å². The molecule has 0 saturated heterocycles. The van der Waals surface area contributed by atoms with Gasteiger partial charge in [-0.25, -0.2) is 0 Å². The van der Waals surface area contributed by atoms with E-state index in [1.165, 1.54) is 26.9 Å². The summed E-state index contributed by atoms with van der Waals surface area (Å²) in [6.45, 7) is 5.04. The molecule has 0 saturated carbocycles. The van der Waals surface area contributed by atoms with Crippen molar-refractivity contribution in [3.8, 4) is 0 Å². The van der Waals surface area contributed by atoms with E-state index in [9.17, 15) is 4.79 Å². The highest BCUT2D eigenvalue weighted by atomic mass is 32.1. The maximum absolute atomic E-state index is 12.2. The number of hydrogen-bond acceptors (Lipinski definition) is 3. The fourth-order valence-electron chi connectivity index (χ4n) is 3.90. The minimum Gasteiger partial charge on any atom is -0.361 e. The van der Waals surface area contributed by atoms with Gasteiger partial charge in [0, 0.05) is 54.1 Å². The molecule has 1 amide bonds. The summed E-state index contributed by atoms with van der Waals surface area (Å²) >= 11 is 1.87. The van der Waals surface area contributed by atoms with Crippen LogP contribution in [0.2, 0.25) is 0 Å². The monoisotopic (exact) mass is 381 g/mol. The van der Waals surface area contributed by atoms with E-state index in [2.05, 4.69) is 58.0 Å². The molecule has 0 fully saturated rings. The Bertz CT molecular complexity index is 913. The van der Waals surface area contributed by atoms with Crippen molar-refractivity contribution >= 4 is 28.1 Å². The van der Waals surface area contributed by atoms with E-state index in [0.29, 0.717) is 12.5 Å². The Morgan fingerprint density at radius 1 is 1.33 bits per heavy atom. The van der Waals surface area contributed by atoms with Crippen LogP contribution in [0.15, 0.2) is 41.9 Å². The Kier molecular flexibility index (Phi) is 5.60. The van der Waals surface area contributed by atoms with E-state index in [1.54, 1.807) is 0 Å². The molecule has 1 atom stereocenters. The minimum atomic E-state index is 0.162. The molecule has 142 valence electrons. The zero-order valence-electron chi connectivity index (χ0n) is 15.8. The first-order valence-electron chi connectivity index (χ1n) is 9.81. The Morgan fingerprint density at radius 2 is 2.22 bits per heavy atom.